The van der Waals surface area contributed by atoms with E-state index in [2.05, 4.69) is 5.32 Å². The first kappa shape index (κ1) is 23.7. The molecule has 180 valence electrons. The molecule has 0 bridgehead atoms. The van der Waals surface area contributed by atoms with Crippen molar-refractivity contribution in [2.75, 3.05) is 13.2 Å². The number of benzene rings is 1. The summed E-state index contributed by atoms with van der Waals surface area (Å²) in [6.45, 7) is 6.76. The fourth-order valence-corrected chi connectivity index (χ4v) is 5.17. The Bertz CT molecular complexity index is 1150. The Morgan fingerprint density at radius 2 is 1.82 bits per heavy atom. The second-order valence-corrected chi connectivity index (χ2v) is 9.48. The highest BCUT2D eigenvalue weighted by Gasteiger charge is 2.55. The van der Waals surface area contributed by atoms with Crippen LogP contribution >= 0.6 is 0 Å². The lowest BCUT2D eigenvalue weighted by Crippen LogP contribution is -2.54. The van der Waals surface area contributed by atoms with E-state index in [1.165, 1.54) is 0 Å². The van der Waals surface area contributed by atoms with E-state index >= 15 is 0 Å². The van der Waals surface area contributed by atoms with E-state index in [0.29, 0.717) is 12.0 Å². The maximum atomic E-state index is 13.0. The number of urea groups is 1. The Balaban J connectivity index is 1.40. The smallest absolute Gasteiger partial charge is 0.326 e. The third-order valence-electron chi connectivity index (χ3n) is 7.18. The van der Waals surface area contributed by atoms with E-state index in [9.17, 15) is 19.2 Å². The van der Waals surface area contributed by atoms with Crippen molar-refractivity contribution in [1.29, 1.82) is 0 Å². The van der Waals surface area contributed by atoms with Gasteiger partial charge in [0, 0.05) is 22.6 Å². The van der Waals surface area contributed by atoms with Crippen LogP contribution in [0.1, 0.15) is 59.9 Å². The molecule has 34 heavy (non-hydrogen) atoms. The summed E-state index contributed by atoms with van der Waals surface area (Å²) in [5, 5.41) is 2.81. The third kappa shape index (κ3) is 4.13. The summed E-state index contributed by atoms with van der Waals surface area (Å²) in [5.41, 5.74) is 3.27. The number of aromatic nitrogens is 1. The van der Waals surface area contributed by atoms with Crippen LogP contribution in [-0.4, -0.2) is 51.8 Å². The zero-order chi connectivity index (χ0) is 24.6. The van der Waals surface area contributed by atoms with Crippen LogP contribution in [0.5, 0.6) is 0 Å². The van der Waals surface area contributed by atoms with Gasteiger partial charge in [0.2, 0.25) is 5.78 Å². The van der Waals surface area contributed by atoms with Crippen LogP contribution in [0.4, 0.5) is 4.79 Å². The monoisotopic (exact) mass is 465 g/mol. The van der Waals surface area contributed by atoms with Gasteiger partial charge >= 0.3 is 12.0 Å². The zero-order valence-corrected chi connectivity index (χ0v) is 20.1. The quantitative estimate of drug-likeness (QED) is 0.399. The minimum absolute atomic E-state index is 0.00378. The number of aryl methyl sites for hydroxylation is 2. The first-order chi connectivity index (χ1) is 16.1. The lowest BCUT2D eigenvalue weighted by molar-refractivity contribution is -0.147. The van der Waals surface area contributed by atoms with Gasteiger partial charge in [0.15, 0.2) is 6.61 Å². The Morgan fingerprint density at radius 3 is 2.50 bits per heavy atom. The highest BCUT2D eigenvalue weighted by Crippen LogP contribution is 2.38. The number of rotatable bonds is 6. The Morgan fingerprint density at radius 1 is 1.12 bits per heavy atom. The van der Waals surface area contributed by atoms with Crippen molar-refractivity contribution in [1.82, 2.24) is 14.8 Å². The summed E-state index contributed by atoms with van der Waals surface area (Å²) in [7, 11) is 0. The molecule has 0 radical (unpaired) electrons. The van der Waals surface area contributed by atoms with Crippen LogP contribution < -0.4 is 5.32 Å². The molecule has 8 heteroatoms. The number of hydrogen-bond acceptors (Lipinski definition) is 5. The van der Waals surface area contributed by atoms with Gasteiger partial charge in [0.05, 0.1) is 0 Å². The molecule has 1 N–H and O–H groups in total. The number of ether oxygens (including phenoxy) is 1. The van der Waals surface area contributed by atoms with Gasteiger partial charge in [-0.25, -0.2) is 4.79 Å². The van der Waals surface area contributed by atoms with Crippen molar-refractivity contribution in [2.45, 2.75) is 58.9 Å². The summed E-state index contributed by atoms with van der Waals surface area (Å²) in [6.07, 6.45) is 3.28. The molecule has 8 nitrogen and oxygen atoms in total. The van der Waals surface area contributed by atoms with E-state index in [-0.39, 0.29) is 17.6 Å². The first-order valence-corrected chi connectivity index (χ1v) is 11.7. The fraction of sp³-hybridized carbons (Fsp3) is 0.462. The molecule has 1 aromatic heterocycles. The molecule has 1 spiro atoms. The number of carbonyl (C=O) groups excluding carboxylic acids is 4. The number of nitrogens with one attached hydrogen (secondary N) is 1. The summed E-state index contributed by atoms with van der Waals surface area (Å²) < 4.78 is 7.15. The lowest BCUT2D eigenvalue weighted by Gasteiger charge is -2.36. The molecule has 2 heterocycles. The van der Waals surface area contributed by atoms with Crippen molar-refractivity contribution in [3.8, 4) is 5.69 Å². The number of esters is 1. The minimum atomic E-state index is -0.932. The van der Waals surface area contributed by atoms with Crippen LogP contribution in [0.2, 0.25) is 0 Å². The van der Waals surface area contributed by atoms with E-state index in [1.54, 1.807) is 6.07 Å². The van der Waals surface area contributed by atoms with Crippen molar-refractivity contribution in [3.63, 3.8) is 0 Å². The van der Waals surface area contributed by atoms with Gasteiger partial charge < -0.3 is 14.6 Å². The van der Waals surface area contributed by atoms with Gasteiger partial charge in [-0.3, -0.25) is 19.3 Å². The maximum absolute atomic E-state index is 13.0. The Hall–Kier alpha value is -3.42. The molecule has 2 unspecified atom stereocenters. The second-order valence-electron chi connectivity index (χ2n) is 9.48. The molecule has 1 aromatic carbocycles. The van der Waals surface area contributed by atoms with E-state index in [1.807, 2.05) is 56.5 Å². The van der Waals surface area contributed by atoms with E-state index < -0.39 is 30.7 Å². The maximum Gasteiger partial charge on any atom is 0.326 e. The Labute approximate surface area is 199 Å². The molecule has 1 aliphatic carbocycles. The molecule has 2 atom stereocenters. The normalized spacial score (nSPS) is 22.2. The largest absolute Gasteiger partial charge is 0.456 e. The first-order valence-electron chi connectivity index (χ1n) is 11.7. The van der Waals surface area contributed by atoms with Crippen LogP contribution in [0.25, 0.3) is 5.69 Å². The summed E-state index contributed by atoms with van der Waals surface area (Å²) in [4.78, 5) is 51.6. The van der Waals surface area contributed by atoms with E-state index in [4.69, 9.17) is 4.74 Å². The number of ketones is 1. The molecular formula is C26H31N3O5. The topological polar surface area (TPSA) is 97.7 Å². The molecule has 1 saturated carbocycles. The second kappa shape index (κ2) is 9.08. The molecule has 1 saturated heterocycles. The third-order valence-corrected chi connectivity index (χ3v) is 7.18. The highest BCUT2D eigenvalue weighted by molar-refractivity contribution is 6.09. The molecule has 1 aliphatic heterocycles. The Kier molecular flexibility index (Phi) is 6.34. The predicted molar refractivity (Wildman–Crippen MR) is 126 cm³/mol. The molecule has 2 aromatic rings. The fourth-order valence-electron chi connectivity index (χ4n) is 5.17. The number of carbonyl (C=O) groups is 4. The minimum Gasteiger partial charge on any atom is -0.456 e. The average molecular weight is 466 g/mol. The number of Topliss-reactive ketones (excluding diaryl/α,β-unsaturated/α-hetero) is 1. The number of amides is 3. The van der Waals surface area contributed by atoms with Gasteiger partial charge in [-0.1, -0.05) is 37.5 Å². The summed E-state index contributed by atoms with van der Waals surface area (Å²) in [5.74, 6) is -1.50. The van der Waals surface area contributed by atoms with Gasteiger partial charge in [-0.15, -0.1) is 0 Å². The standard InChI is InChI=1S/C26H31N3O5/c1-16-8-10-20(11-9-16)29-18(3)13-21(19(29)4)22(30)15-34-23(31)14-28-24(32)26(27-25(28)33)12-6-5-7-17(26)2/h8-11,13,17H,5-7,12,14-15H2,1-4H3,(H,27,33). The summed E-state index contributed by atoms with van der Waals surface area (Å²) >= 11 is 0. The van der Waals surface area contributed by atoms with Gasteiger partial charge in [-0.2, -0.15) is 0 Å². The van der Waals surface area contributed by atoms with E-state index in [0.717, 1.165) is 46.8 Å². The summed E-state index contributed by atoms with van der Waals surface area (Å²) in [6, 6.07) is 9.18. The molecule has 4 rings (SSSR count). The van der Waals surface area contributed by atoms with Crippen LogP contribution in [0.3, 0.4) is 0 Å². The van der Waals surface area contributed by atoms with Gasteiger partial charge in [-0.05, 0) is 57.7 Å². The van der Waals surface area contributed by atoms with Crippen LogP contribution in [-0.2, 0) is 14.3 Å². The van der Waals surface area contributed by atoms with Crippen molar-refractivity contribution >= 4 is 23.7 Å². The van der Waals surface area contributed by atoms with Crippen molar-refractivity contribution in [2.24, 2.45) is 5.92 Å². The van der Waals surface area contributed by atoms with Crippen molar-refractivity contribution < 1.29 is 23.9 Å². The lowest BCUT2D eigenvalue weighted by atomic mass is 9.73. The van der Waals surface area contributed by atoms with Gasteiger partial charge in [0.25, 0.3) is 5.91 Å². The molecule has 2 fully saturated rings. The average Bonchev–Trinajstić information content (AvgIpc) is 3.23. The van der Waals surface area contributed by atoms with Crippen molar-refractivity contribution in [3.05, 3.63) is 52.8 Å². The van der Waals surface area contributed by atoms with Gasteiger partial charge in [0.1, 0.15) is 12.1 Å². The molecule has 3 amide bonds. The number of hydrogen-bond donors (Lipinski definition) is 1. The number of nitrogens with zero attached hydrogens (tertiary/aromatic N) is 2. The molecular weight excluding hydrogens is 434 g/mol. The number of imide groups is 1. The van der Waals surface area contributed by atoms with Crippen LogP contribution in [0.15, 0.2) is 30.3 Å². The predicted octanol–water partition coefficient (Wildman–Crippen LogP) is 3.63. The molecule has 2 aliphatic rings. The highest BCUT2D eigenvalue weighted by atomic mass is 16.5. The van der Waals surface area contributed by atoms with Crippen LogP contribution in [0, 0.1) is 26.7 Å². The zero-order valence-electron chi connectivity index (χ0n) is 20.1. The SMILES string of the molecule is Cc1ccc(-n2c(C)cc(C(=O)COC(=O)CN3C(=O)NC4(CCCCC4C)C3=O)c2C)cc1.